The van der Waals surface area contributed by atoms with E-state index in [-0.39, 0.29) is 17.4 Å². The summed E-state index contributed by atoms with van der Waals surface area (Å²) in [6, 6.07) is 17.3. The maximum Gasteiger partial charge on any atom is 0.223 e. The van der Waals surface area contributed by atoms with E-state index in [0.29, 0.717) is 53.8 Å². The molecule has 0 bridgehead atoms. The molecule has 6 nitrogen and oxygen atoms in total. The third kappa shape index (κ3) is 4.75. The molecule has 6 rings (SSSR count). The van der Waals surface area contributed by atoms with Crippen LogP contribution in [0.1, 0.15) is 36.0 Å². The lowest BCUT2D eigenvalue weighted by Gasteiger charge is -2.35. The first-order valence-corrected chi connectivity index (χ1v) is 14.0. The Labute approximate surface area is 238 Å². The van der Waals surface area contributed by atoms with Gasteiger partial charge in [0.15, 0.2) is 11.5 Å². The molecule has 1 spiro atoms. The van der Waals surface area contributed by atoms with Crippen molar-refractivity contribution in [3.8, 4) is 11.5 Å². The summed E-state index contributed by atoms with van der Waals surface area (Å²) in [7, 11) is 1.64. The highest BCUT2D eigenvalue weighted by Gasteiger charge is 2.53. The number of ether oxygens (including phenoxy) is 2. The van der Waals surface area contributed by atoms with Crippen LogP contribution in [-0.2, 0) is 23.2 Å². The summed E-state index contributed by atoms with van der Waals surface area (Å²) in [6.45, 7) is 1.13. The SMILES string of the molecule is COc1ccc2c3c1O[C@H]1C[C@@H](O)C=C[C@@]31CCN(C(=O)CCc1cccc(Nc3c(Cl)cccc3Cl)c1)C2. The van der Waals surface area contributed by atoms with Gasteiger partial charge in [-0.25, -0.2) is 0 Å². The Morgan fingerprint density at radius 2 is 1.97 bits per heavy atom. The van der Waals surface area contributed by atoms with Gasteiger partial charge in [-0.3, -0.25) is 4.79 Å². The van der Waals surface area contributed by atoms with Gasteiger partial charge in [-0.1, -0.05) is 59.6 Å². The van der Waals surface area contributed by atoms with Crippen molar-refractivity contribution in [3.63, 3.8) is 0 Å². The molecule has 3 aromatic rings. The number of anilines is 2. The molecule has 2 heterocycles. The number of aliphatic hydroxyl groups is 1. The second-order valence-corrected chi connectivity index (χ2v) is 11.2. The zero-order valence-electron chi connectivity index (χ0n) is 21.6. The quantitative estimate of drug-likeness (QED) is 0.337. The minimum absolute atomic E-state index is 0.112. The average molecular weight is 565 g/mol. The van der Waals surface area contributed by atoms with Crippen LogP contribution < -0.4 is 14.8 Å². The van der Waals surface area contributed by atoms with Crippen LogP contribution in [0.25, 0.3) is 0 Å². The van der Waals surface area contributed by atoms with Crippen molar-refractivity contribution >= 4 is 40.5 Å². The molecule has 8 heteroatoms. The van der Waals surface area contributed by atoms with Gasteiger partial charge in [0.2, 0.25) is 5.91 Å². The van der Waals surface area contributed by atoms with Gasteiger partial charge in [-0.2, -0.15) is 0 Å². The fourth-order valence-corrected chi connectivity index (χ4v) is 6.62. The summed E-state index contributed by atoms with van der Waals surface area (Å²) in [5.41, 5.74) is 4.38. The van der Waals surface area contributed by atoms with Crippen molar-refractivity contribution in [2.24, 2.45) is 0 Å². The lowest BCUT2D eigenvalue weighted by Crippen LogP contribution is -2.43. The lowest BCUT2D eigenvalue weighted by atomic mass is 9.69. The zero-order chi connectivity index (χ0) is 27.1. The molecule has 2 N–H and O–H groups in total. The van der Waals surface area contributed by atoms with E-state index in [1.807, 2.05) is 53.4 Å². The molecule has 1 amide bonds. The van der Waals surface area contributed by atoms with E-state index in [4.69, 9.17) is 32.7 Å². The van der Waals surface area contributed by atoms with Gasteiger partial charge >= 0.3 is 0 Å². The van der Waals surface area contributed by atoms with Crippen LogP contribution in [0, 0.1) is 0 Å². The predicted octanol–water partition coefficient (Wildman–Crippen LogP) is 6.43. The number of rotatable bonds is 6. The standard InChI is InChI=1S/C31H30Cl2N2O4/c1-38-25-10-9-20-18-35(15-14-31-13-12-22(36)17-26(31)39-30(25)28(20)31)27(37)11-8-19-4-2-5-21(16-19)34-29-23(32)6-3-7-24(29)33/h2-7,9-10,12-13,16,22,26,34,36H,8,11,14-15,17-18H2,1H3/t22-,26-,31-/m0/s1. The molecule has 0 saturated carbocycles. The Bertz CT molecular complexity index is 1440. The zero-order valence-corrected chi connectivity index (χ0v) is 23.1. The molecule has 202 valence electrons. The average Bonchev–Trinajstić information content (AvgIpc) is 3.16. The Morgan fingerprint density at radius 1 is 1.18 bits per heavy atom. The number of aryl methyl sites for hydroxylation is 1. The first kappa shape index (κ1) is 26.1. The molecule has 1 aliphatic carbocycles. The summed E-state index contributed by atoms with van der Waals surface area (Å²) in [5, 5.41) is 14.7. The first-order valence-electron chi connectivity index (χ1n) is 13.2. The van der Waals surface area contributed by atoms with Crippen molar-refractivity contribution in [1.82, 2.24) is 4.90 Å². The van der Waals surface area contributed by atoms with Gasteiger partial charge in [0.1, 0.15) is 6.10 Å². The van der Waals surface area contributed by atoms with E-state index in [1.165, 1.54) is 0 Å². The van der Waals surface area contributed by atoms with Crippen LogP contribution >= 0.6 is 23.2 Å². The van der Waals surface area contributed by atoms with Gasteiger partial charge in [-0.05, 0) is 54.3 Å². The molecule has 2 aliphatic heterocycles. The lowest BCUT2D eigenvalue weighted by molar-refractivity contribution is -0.131. The number of carbonyl (C=O) groups is 1. The van der Waals surface area contributed by atoms with Crippen molar-refractivity contribution in [1.29, 1.82) is 0 Å². The molecular formula is C31H30Cl2N2O4. The Kier molecular flexibility index (Phi) is 6.96. The molecule has 3 aliphatic rings. The predicted molar refractivity (Wildman–Crippen MR) is 153 cm³/mol. The number of hydrogen-bond donors (Lipinski definition) is 2. The van der Waals surface area contributed by atoms with Crippen LogP contribution in [0.4, 0.5) is 11.4 Å². The third-order valence-electron chi connectivity index (χ3n) is 8.10. The number of methoxy groups -OCH3 is 1. The highest BCUT2D eigenvalue weighted by molar-refractivity contribution is 6.39. The molecule has 0 aromatic heterocycles. The van der Waals surface area contributed by atoms with E-state index in [9.17, 15) is 9.90 Å². The Morgan fingerprint density at radius 3 is 2.77 bits per heavy atom. The van der Waals surface area contributed by atoms with E-state index < -0.39 is 6.10 Å². The van der Waals surface area contributed by atoms with Crippen LogP contribution in [0.2, 0.25) is 10.0 Å². The maximum absolute atomic E-state index is 13.5. The van der Waals surface area contributed by atoms with E-state index in [0.717, 1.165) is 34.5 Å². The topological polar surface area (TPSA) is 71.0 Å². The molecule has 0 fully saturated rings. The van der Waals surface area contributed by atoms with E-state index >= 15 is 0 Å². The second kappa shape index (κ2) is 10.4. The number of para-hydroxylation sites is 1. The largest absolute Gasteiger partial charge is 0.493 e. The maximum atomic E-state index is 13.5. The van der Waals surface area contributed by atoms with E-state index in [1.54, 1.807) is 19.2 Å². The Balaban J connectivity index is 1.19. The van der Waals surface area contributed by atoms with Gasteiger partial charge in [0.25, 0.3) is 0 Å². The van der Waals surface area contributed by atoms with Crippen LogP contribution in [0.15, 0.2) is 66.7 Å². The molecule has 3 atom stereocenters. The van der Waals surface area contributed by atoms with Gasteiger partial charge in [0.05, 0.1) is 34.4 Å². The monoisotopic (exact) mass is 564 g/mol. The fraction of sp³-hybridized carbons (Fsp3) is 0.323. The molecule has 0 saturated heterocycles. The molecular weight excluding hydrogens is 535 g/mol. The fourth-order valence-electron chi connectivity index (χ4n) is 6.12. The Hall–Kier alpha value is -3.19. The highest BCUT2D eigenvalue weighted by atomic mass is 35.5. The smallest absolute Gasteiger partial charge is 0.223 e. The summed E-state index contributed by atoms with van der Waals surface area (Å²) >= 11 is 12.6. The molecule has 0 radical (unpaired) electrons. The number of carbonyl (C=O) groups excluding carboxylic acids is 1. The van der Waals surface area contributed by atoms with Crippen molar-refractivity contribution < 1.29 is 19.4 Å². The molecule has 39 heavy (non-hydrogen) atoms. The minimum Gasteiger partial charge on any atom is -0.493 e. The van der Waals surface area contributed by atoms with Crippen LogP contribution in [0.5, 0.6) is 11.5 Å². The van der Waals surface area contributed by atoms with Crippen molar-refractivity contribution in [2.45, 2.75) is 49.9 Å². The molecule has 0 unspecified atom stereocenters. The first-order chi connectivity index (χ1) is 18.9. The van der Waals surface area contributed by atoms with Gasteiger partial charge in [0, 0.05) is 37.2 Å². The summed E-state index contributed by atoms with van der Waals surface area (Å²) in [5.74, 6) is 1.55. The number of benzene rings is 3. The normalized spacial score (nSPS) is 22.9. The number of nitrogens with one attached hydrogen (secondary N) is 1. The number of halogens is 2. The summed E-state index contributed by atoms with van der Waals surface area (Å²) in [6.07, 6.45) is 5.51. The summed E-state index contributed by atoms with van der Waals surface area (Å²) in [4.78, 5) is 15.5. The summed E-state index contributed by atoms with van der Waals surface area (Å²) < 4.78 is 12.0. The van der Waals surface area contributed by atoms with Crippen molar-refractivity contribution in [2.75, 3.05) is 19.0 Å². The number of amides is 1. The van der Waals surface area contributed by atoms with Gasteiger partial charge in [-0.15, -0.1) is 0 Å². The number of aliphatic hydroxyl groups excluding tert-OH is 1. The van der Waals surface area contributed by atoms with Gasteiger partial charge < -0.3 is 24.8 Å². The second-order valence-electron chi connectivity index (χ2n) is 10.4. The van der Waals surface area contributed by atoms with Crippen LogP contribution in [-0.4, -0.2) is 41.8 Å². The third-order valence-corrected chi connectivity index (χ3v) is 8.73. The number of nitrogens with zero attached hydrogens (tertiary/aromatic N) is 1. The van der Waals surface area contributed by atoms with E-state index in [2.05, 4.69) is 11.4 Å². The van der Waals surface area contributed by atoms with Crippen LogP contribution in [0.3, 0.4) is 0 Å². The molecule has 3 aromatic carbocycles. The number of hydrogen-bond acceptors (Lipinski definition) is 5. The van der Waals surface area contributed by atoms with Crippen molar-refractivity contribution in [3.05, 3.63) is 93.5 Å². The highest BCUT2D eigenvalue weighted by Crippen LogP contribution is 2.55. The minimum atomic E-state index is -0.537.